The predicted molar refractivity (Wildman–Crippen MR) is 194 cm³/mol. The second-order valence-corrected chi connectivity index (χ2v) is 14.3. The smallest absolute Gasteiger partial charge is 0.264 e. The Bertz CT molecular complexity index is 1800. The molecule has 4 aromatic carbocycles. The van der Waals surface area contributed by atoms with Crippen molar-refractivity contribution in [1.29, 1.82) is 0 Å². The van der Waals surface area contributed by atoms with Gasteiger partial charge in [-0.25, -0.2) is 8.42 Å². The summed E-state index contributed by atoms with van der Waals surface area (Å²) < 4.78 is 47.1. The standard InChI is InChI=1S/C37H42BrN3O7S/c1-6-48-31-18-16-30(17-19-31)41(49(44,45)32-20-21-34(46-4)35(23-32)47-5)25-36(42)40(24-28-12-14-29(38)15-13-28)33(37(43)39-26(2)3)22-27-10-8-7-9-11-27/h7-21,23,26,33H,6,22,24-25H2,1-5H3,(H,39,43). The quantitative estimate of drug-likeness (QED) is 0.145. The van der Waals surface area contributed by atoms with Crippen molar-refractivity contribution in [2.45, 2.75) is 50.7 Å². The van der Waals surface area contributed by atoms with E-state index in [0.29, 0.717) is 18.1 Å². The first kappa shape index (κ1) is 37.3. The van der Waals surface area contributed by atoms with Crippen LogP contribution in [0.5, 0.6) is 17.2 Å². The average Bonchev–Trinajstić information content (AvgIpc) is 3.09. The molecule has 0 aliphatic rings. The van der Waals surface area contributed by atoms with Crippen molar-refractivity contribution < 1.29 is 32.2 Å². The highest BCUT2D eigenvalue weighted by Gasteiger charge is 2.35. The van der Waals surface area contributed by atoms with E-state index in [1.54, 1.807) is 24.3 Å². The van der Waals surface area contributed by atoms with E-state index in [1.165, 1.54) is 37.3 Å². The Morgan fingerprint density at radius 2 is 1.49 bits per heavy atom. The summed E-state index contributed by atoms with van der Waals surface area (Å²) in [5.74, 6) is 0.198. The lowest BCUT2D eigenvalue weighted by molar-refractivity contribution is -0.140. The van der Waals surface area contributed by atoms with Crippen molar-refractivity contribution in [3.05, 3.63) is 113 Å². The number of hydrogen-bond donors (Lipinski definition) is 1. The Balaban J connectivity index is 1.83. The molecule has 1 unspecified atom stereocenters. The number of rotatable bonds is 16. The van der Waals surface area contributed by atoms with Gasteiger partial charge < -0.3 is 24.4 Å². The number of methoxy groups -OCH3 is 2. The Kier molecular flexibility index (Phi) is 13.1. The maximum Gasteiger partial charge on any atom is 0.264 e. The molecule has 0 fully saturated rings. The largest absolute Gasteiger partial charge is 0.494 e. The third-order valence-electron chi connectivity index (χ3n) is 7.63. The third-order valence-corrected chi connectivity index (χ3v) is 9.92. The molecule has 0 heterocycles. The Labute approximate surface area is 297 Å². The molecule has 4 aromatic rings. The van der Waals surface area contributed by atoms with Crippen LogP contribution in [0.1, 0.15) is 31.9 Å². The molecule has 10 nitrogen and oxygen atoms in total. The Hall–Kier alpha value is -4.55. The molecular formula is C37H42BrN3O7S. The van der Waals surface area contributed by atoms with Crippen molar-refractivity contribution >= 4 is 43.5 Å². The van der Waals surface area contributed by atoms with Crippen LogP contribution < -0.4 is 23.8 Å². The van der Waals surface area contributed by atoms with E-state index >= 15 is 0 Å². The van der Waals surface area contributed by atoms with E-state index in [2.05, 4.69) is 21.2 Å². The second kappa shape index (κ2) is 17.2. The molecule has 0 aliphatic heterocycles. The van der Waals surface area contributed by atoms with Gasteiger partial charge >= 0.3 is 0 Å². The van der Waals surface area contributed by atoms with Crippen LogP contribution in [0.2, 0.25) is 0 Å². The lowest BCUT2D eigenvalue weighted by Gasteiger charge is -2.34. The van der Waals surface area contributed by atoms with Gasteiger partial charge in [-0.05, 0) is 80.4 Å². The third kappa shape index (κ3) is 9.76. The molecule has 2 amide bonds. The van der Waals surface area contributed by atoms with Crippen molar-refractivity contribution in [3.63, 3.8) is 0 Å². The van der Waals surface area contributed by atoms with Crippen LogP contribution in [0.4, 0.5) is 5.69 Å². The molecule has 12 heteroatoms. The van der Waals surface area contributed by atoms with Gasteiger partial charge in [0, 0.05) is 29.5 Å². The van der Waals surface area contributed by atoms with Crippen LogP contribution in [0.3, 0.4) is 0 Å². The first-order chi connectivity index (χ1) is 23.5. The average molecular weight is 753 g/mol. The number of sulfonamides is 1. The van der Waals surface area contributed by atoms with Crippen molar-refractivity contribution in [3.8, 4) is 17.2 Å². The van der Waals surface area contributed by atoms with Gasteiger partial charge in [-0.2, -0.15) is 0 Å². The molecule has 1 N–H and O–H groups in total. The minimum absolute atomic E-state index is 0.0582. The molecule has 260 valence electrons. The molecule has 4 rings (SSSR count). The zero-order chi connectivity index (χ0) is 35.6. The zero-order valence-corrected chi connectivity index (χ0v) is 30.7. The van der Waals surface area contributed by atoms with E-state index in [4.69, 9.17) is 14.2 Å². The fraction of sp³-hybridized carbons (Fsp3) is 0.297. The minimum atomic E-state index is -4.37. The summed E-state index contributed by atoms with van der Waals surface area (Å²) in [5, 5.41) is 2.96. The number of nitrogens with zero attached hydrogens (tertiary/aromatic N) is 2. The van der Waals surface area contributed by atoms with Gasteiger partial charge in [0.15, 0.2) is 11.5 Å². The SMILES string of the molecule is CCOc1ccc(N(CC(=O)N(Cc2ccc(Br)cc2)C(Cc2ccccc2)C(=O)NC(C)C)S(=O)(=O)c2ccc(OC)c(OC)c2)cc1. The van der Waals surface area contributed by atoms with Gasteiger partial charge in [0.1, 0.15) is 18.3 Å². The summed E-state index contributed by atoms with van der Waals surface area (Å²) >= 11 is 3.46. The molecular weight excluding hydrogens is 710 g/mol. The molecule has 0 bridgehead atoms. The predicted octanol–water partition coefficient (Wildman–Crippen LogP) is 6.23. The summed E-state index contributed by atoms with van der Waals surface area (Å²) in [7, 11) is -1.49. The van der Waals surface area contributed by atoms with E-state index in [0.717, 1.165) is 19.9 Å². The second-order valence-electron chi connectivity index (χ2n) is 11.5. The lowest BCUT2D eigenvalue weighted by atomic mass is 10.0. The maximum absolute atomic E-state index is 14.7. The van der Waals surface area contributed by atoms with Crippen molar-refractivity contribution in [2.24, 2.45) is 0 Å². The topological polar surface area (TPSA) is 114 Å². The van der Waals surface area contributed by atoms with E-state index in [9.17, 15) is 18.0 Å². The van der Waals surface area contributed by atoms with Crippen LogP contribution in [0.15, 0.2) is 106 Å². The van der Waals surface area contributed by atoms with E-state index in [1.807, 2.05) is 75.4 Å². The number of halogens is 1. The first-order valence-electron chi connectivity index (χ1n) is 15.8. The van der Waals surface area contributed by atoms with Gasteiger partial charge in [0.2, 0.25) is 11.8 Å². The van der Waals surface area contributed by atoms with Gasteiger partial charge in [-0.1, -0.05) is 58.4 Å². The fourth-order valence-electron chi connectivity index (χ4n) is 5.23. The summed E-state index contributed by atoms with van der Waals surface area (Å²) in [6, 6.07) is 26.4. The molecule has 0 saturated carbocycles. The summed E-state index contributed by atoms with van der Waals surface area (Å²) in [4.78, 5) is 29.9. The number of benzene rings is 4. The van der Waals surface area contributed by atoms with Crippen LogP contribution in [-0.4, -0.2) is 64.6 Å². The molecule has 1 atom stereocenters. The number of amides is 2. The van der Waals surface area contributed by atoms with Crippen LogP contribution in [0, 0.1) is 0 Å². The summed E-state index contributed by atoms with van der Waals surface area (Å²) in [6.45, 7) is 5.44. The molecule has 0 spiro atoms. The highest BCUT2D eigenvalue weighted by molar-refractivity contribution is 9.10. The number of carbonyl (C=O) groups excluding carboxylic acids is 2. The molecule has 0 aliphatic carbocycles. The summed E-state index contributed by atoms with van der Waals surface area (Å²) in [5.41, 5.74) is 1.85. The zero-order valence-electron chi connectivity index (χ0n) is 28.3. The summed E-state index contributed by atoms with van der Waals surface area (Å²) in [6.07, 6.45) is 0.215. The van der Waals surface area contributed by atoms with E-state index < -0.39 is 28.5 Å². The normalized spacial score (nSPS) is 11.8. The monoisotopic (exact) mass is 751 g/mol. The first-order valence-corrected chi connectivity index (χ1v) is 18.1. The maximum atomic E-state index is 14.7. The Morgan fingerprint density at radius 1 is 0.837 bits per heavy atom. The molecule has 0 saturated heterocycles. The highest BCUT2D eigenvalue weighted by Crippen LogP contribution is 2.33. The lowest BCUT2D eigenvalue weighted by Crippen LogP contribution is -2.54. The Morgan fingerprint density at radius 3 is 2.08 bits per heavy atom. The van der Waals surface area contributed by atoms with Gasteiger partial charge in [-0.15, -0.1) is 0 Å². The van der Waals surface area contributed by atoms with Gasteiger partial charge in [0.05, 0.1) is 31.4 Å². The molecule has 0 aromatic heterocycles. The number of anilines is 1. The van der Waals surface area contributed by atoms with Crippen LogP contribution >= 0.6 is 15.9 Å². The fourth-order valence-corrected chi connectivity index (χ4v) is 6.92. The number of ether oxygens (including phenoxy) is 3. The van der Waals surface area contributed by atoms with Crippen molar-refractivity contribution in [1.82, 2.24) is 10.2 Å². The van der Waals surface area contributed by atoms with Crippen LogP contribution in [0.25, 0.3) is 0 Å². The number of carbonyl (C=O) groups is 2. The van der Waals surface area contributed by atoms with Gasteiger partial charge in [-0.3, -0.25) is 13.9 Å². The van der Waals surface area contributed by atoms with Crippen molar-refractivity contribution in [2.75, 3.05) is 31.7 Å². The minimum Gasteiger partial charge on any atom is -0.494 e. The van der Waals surface area contributed by atoms with Gasteiger partial charge in [0.25, 0.3) is 10.0 Å². The number of nitrogens with one attached hydrogen (secondary N) is 1. The molecule has 49 heavy (non-hydrogen) atoms. The van der Waals surface area contributed by atoms with Crippen LogP contribution in [-0.2, 0) is 32.6 Å². The van der Waals surface area contributed by atoms with E-state index in [-0.39, 0.29) is 41.2 Å². The number of hydrogen-bond acceptors (Lipinski definition) is 7. The highest BCUT2D eigenvalue weighted by atomic mass is 79.9. The molecule has 0 radical (unpaired) electrons.